The summed E-state index contributed by atoms with van der Waals surface area (Å²) in [7, 11) is 3.03. The zero-order chi connectivity index (χ0) is 27.1. The average molecular weight is 558 g/mol. The summed E-state index contributed by atoms with van der Waals surface area (Å²) in [6.45, 7) is 2.71. The number of methoxy groups -OCH3 is 1. The molecule has 1 atom stereocenters. The number of fused-ring (bicyclic) bond motifs is 1. The molecule has 1 amide bonds. The summed E-state index contributed by atoms with van der Waals surface area (Å²) in [5, 5.41) is 0.550. The predicted octanol–water partition coefficient (Wildman–Crippen LogP) is 6.19. The van der Waals surface area contributed by atoms with E-state index in [1.54, 1.807) is 35.6 Å². The molecule has 0 bridgehead atoms. The van der Waals surface area contributed by atoms with Gasteiger partial charge in [-0.15, -0.1) is 0 Å². The van der Waals surface area contributed by atoms with Crippen LogP contribution >= 0.6 is 23.2 Å². The van der Waals surface area contributed by atoms with Gasteiger partial charge in [0.05, 0.1) is 29.1 Å². The van der Waals surface area contributed by atoms with Crippen molar-refractivity contribution in [2.75, 3.05) is 20.2 Å². The third-order valence-electron chi connectivity index (χ3n) is 7.26. The van der Waals surface area contributed by atoms with E-state index in [1.165, 1.54) is 7.11 Å². The molecule has 1 aromatic carbocycles. The molecule has 1 aromatic heterocycles. The maximum Gasteiger partial charge on any atom is 0.412 e. The van der Waals surface area contributed by atoms with Gasteiger partial charge in [0, 0.05) is 49.5 Å². The highest BCUT2D eigenvalue weighted by Gasteiger charge is 2.38. The number of ether oxygens (including phenoxy) is 1. The predicted molar refractivity (Wildman–Crippen MR) is 135 cm³/mol. The van der Waals surface area contributed by atoms with E-state index in [4.69, 9.17) is 27.9 Å². The van der Waals surface area contributed by atoms with E-state index in [9.17, 15) is 22.8 Å². The Balaban J connectivity index is 1.56. The first kappa shape index (κ1) is 27.5. The zero-order valence-electron chi connectivity index (χ0n) is 20.8. The molecule has 0 saturated carbocycles. The van der Waals surface area contributed by atoms with E-state index in [1.807, 2.05) is 0 Å². The third-order valence-corrected chi connectivity index (χ3v) is 8.05. The number of halogens is 5. The number of carbonyl (C=O) groups excluding carboxylic acids is 2. The van der Waals surface area contributed by atoms with Crippen LogP contribution < -0.4 is 0 Å². The Labute approximate surface area is 223 Å². The summed E-state index contributed by atoms with van der Waals surface area (Å²) < 4.78 is 46.5. The van der Waals surface area contributed by atoms with Crippen molar-refractivity contribution in [1.82, 2.24) is 14.5 Å². The van der Waals surface area contributed by atoms with Crippen LogP contribution in [0.3, 0.4) is 0 Å². The van der Waals surface area contributed by atoms with Gasteiger partial charge in [-0.3, -0.25) is 9.59 Å². The number of esters is 1. The van der Waals surface area contributed by atoms with Gasteiger partial charge < -0.3 is 14.2 Å². The molecule has 0 radical (unpaired) electrons. The number of allylic oxidation sites excluding steroid dienone is 1. The van der Waals surface area contributed by atoms with Crippen molar-refractivity contribution in [3.8, 4) is 0 Å². The first-order chi connectivity index (χ1) is 17.4. The van der Waals surface area contributed by atoms with Crippen molar-refractivity contribution in [3.05, 3.63) is 56.1 Å². The second-order valence-electron chi connectivity index (χ2n) is 9.71. The second kappa shape index (κ2) is 10.7. The average Bonchev–Trinajstić information content (AvgIpc) is 3.17. The van der Waals surface area contributed by atoms with Crippen molar-refractivity contribution < 1.29 is 27.5 Å². The molecule has 0 N–H and O–H groups in total. The number of alkyl halides is 3. The van der Waals surface area contributed by atoms with E-state index in [0.29, 0.717) is 65.7 Å². The monoisotopic (exact) mass is 557 g/mol. The summed E-state index contributed by atoms with van der Waals surface area (Å²) in [6, 6.07) is 3.19. The topological polar surface area (TPSA) is 64.4 Å². The maximum absolute atomic E-state index is 13.4. The fourth-order valence-electron chi connectivity index (χ4n) is 5.03. The highest BCUT2D eigenvalue weighted by atomic mass is 35.5. The van der Waals surface area contributed by atoms with Gasteiger partial charge in [-0.25, -0.2) is 4.98 Å². The molecule has 37 heavy (non-hydrogen) atoms. The Bertz CT molecular complexity index is 1250. The molecular formula is C26H28Cl2F3N3O3. The molecule has 1 saturated heterocycles. The highest BCUT2D eigenvalue weighted by Crippen LogP contribution is 2.41. The molecule has 1 aliphatic heterocycles. The normalized spacial score (nSPS) is 18.4. The molecule has 6 nitrogen and oxygen atoms in total. The van der Waals surface area contributed by atoms with Crippen LogP contribution in [0.25, 0.3) is 6.08 Å². The number of carbonyl (C=O) groups is 2. The molecule has 0 spiro atoms. The van der Waals surface area contributed by atoms with Crippen LogP contribution in [0.4, 0.5) is 13.2 Å². The Hall–Kier alpha value is -2.52. The number of aromatic nitrogens is 2. The van der Waals surface area contributed by atoms with Gasteiger partial charge in [0.25, 0.3) is 5.91 Å². The fraction of sp³-hybridized carbons (Fsp3) is 0.500. The summed E-state index contributed by atoms with van der Waals surface area (Å²) in [5.74, 6) is -0.210. The SMILES string of the molecule is COC(=O)CC1CCN(C(=O)c2ccc(Cl)c(Cc3nc4c(n3C)C=C(C(F)(F)F)CC4C)c2Cl)CC1. The Morgan fingerprint density at radius 1 is 1.19 bits per heavy atom. The number of piperidine rings is 1. The lowest BCUT2D eigenvalue weighted by molar-refractivity contribution is -0.142. The summed E-state index contributed by atoms with van der Waals surface area (Å²) in [6.07, 6.45) is -1.52. The van der Waals surface area contributed by atoms with Gasteiger partial charge in [0.15, 0.2) is 0 Å². The lowest BCUT2D eigenvalue weighted by Gasteiger charge is -2.32. The van der Waals surface area contributed by atoms with Crippen LogP contribution in [-0.2, 0) is 23.0 Å². The van der Waals surface area contributed by atoms with E-state index < -0.39 is 17.7 Å². The van der Waals surface area contributed by atoms with Crippen LogP contribution in [0.15, 0.2) is 17.7 Å². The minimum atomic E-state index is -4.40. The fourth-order valence-corrected chi connectivity index (χ4v) is 5.62. The van der Waals surface area contributed by atoms with Crippen LogP contribution in [0, 0.1) is 5.92 Å². The largest absolute Gasteiger partial charge is 0.469 e. The highest BCUT2D eigenvalue weighted by molar-refractivity contribution is 6.38. The van der Waals surface area contributed by atoms with Gasteiger partial charge >= 0.3 is 12.1 Å². The van der Waals surface area contributed by atoms with Crippen molar-refractivity contribution in [3.63, 3.8) is 0 Å². The number of hydrogen-bond donors (Lipinski definition) is 0. The quantitative estimate of drug-likeness (QED) is 0.411. The number of nitrogens with zero attached hydrogens (tertiary/aromatic N) is 3. The van der Waals surface area contributed by atoms with Crippen molar-refractivity contribution in [2.45, 2.75) is 51.1 Å². The van der Waals surface area contributed by atoms with E-state index in [-0.39, 0.29) is 35.7 Å². The minimum absolute atomic E-state index is 0.130. The van der Waals surface area contributed by atoms with E-state index in [0.717, 1.165) is 6.08 Å². The molecule has 2 aliphatic rings. The zero-order valence-corrected chi connectivity index (χ0v) is 22.3. The molecule has 2 heterocycles. The minimum Gasteiger partial charge on any atom is -0.469 e. The molecule has 2 aromatic rings. The number of rotatable bonds is 5. The van der Waals surface area contributed by atoms with Gasteiger partial charge in [-0.05, 0) is 49.0 Å². The standard InChI is InChI=1S/C26H28Cl2F3N3O3/c1-14-10-16(26(29,30)31)12-20-24(14)32-21(33(20)2)13-18-19(27)5-4-17(23(18)28)25(36)34-8-6-15(7-9-34)11-22(35)37-3/h4-5,12,14-15H,6-11,13H2,1-3H3. The first-order valence-corrected chi connectivity index (χ1v) is 12.8. The Morgan fingerprint density at radius 2 is 1.86 bits per heavy atom. The number of hydrogen-bond acceptors (Lipinski definition) is 4. The lowest BCUT2D eigenvalue weighted by Crippen LogP contribution is -2.39. The molecule has 1 aliphatic carbocycles. The van der Waals surface area contributed by atoms with Crippen LogP contribution in [0.5, 0.6) is 0 Å². The number of likely N-dealkylation sites (tertiary alicyclic amines) is 1. The van der Waals surface area contributed by atoms with Gasteiger partial charge in [0.1, 0.15) is 5.82 Å². The molecule has 200 valence electrons. The summed E-state index contributed by atoms with van der Waals surface area (Å²) in [5.41, 5.74) is 1.23. The smallest absolute Gasteiger partial charge is 0.412 e. The van der Waals surface area contributed by atoms with Crippen LogP contribution in [0.2, 0.25) is 10.0 Å². The summed E-state index contributed by atoms with van der Waals surface area (Å²) >= 11 is 13.2. The van der Waals surface area contributed by atoms with Gasteiger partial charge in [0.2, 0.25) is 0 Å². The van der Waals surface area contributed by atoms with Crippen LogP contribution in [-0.4, -0.2) is 52.7 Å². The Morgan fingerprint density at radius 3 is 2.49 bits per heavy atom. The molecule has 1 unspecified atom stereocenters. The third kappa shape index (κ3) is 5.67. The van der Waals surface area contributed by atoms with E-state index >= 15 is 0 Å². The van der Waals surface area contributed by atoms with Crippen LogP contribution in [0.1, 0.15) is 71.7 Å². The van der Waals surface area contributed by atoms with E-state index in [2.05, 4.69) is 4.98 Å². The van der Waals surface area contributed by atoms with Crippen molar-refractivity contribution in [2.24, 2.45) is 13.0 Å². The molecule has 4 rings (SSSR count). The molecular weight excluding hydrogens is 530 g/mol. The number of amides is 1. The molecule has 11 heteroatoms. The van der Waals surface area contributed by atoms with Crippen molar-refractivity contribution >= 4 is 41.2 Å². The Kier molecular flexibility index (Phi) is 7.95. The first-order valence-electron chi connectivity index (χ1n) is 12.1. The second-order valence-corrected chi connectivity index (χ2v) is 10.5. The summed E-state index contributed by atoms with van der Waals surface area (Å²) in [4.78, 5) is 31.2. The van der Waals surface area contributed by atoms with Gasteiger partial charge in [-0.2, -0.15) is 13.2 Å². The maximum atomic E-state index is 13.4. The molecule has 1 fully saturated rings. The lowest BCUT2D eigenvalue weighted by atomic mass is 9.90. The van der Waals surface area contributed by atoms with Gasteiger partial charge in [-0.1, -0.05) is 30.1 Å². The van der Waals surface area contributed by atoms with Crippen molar-refractivity contribution in [1.29, 1.82) is 0 Å². The number of imidazole rings is 1. The number of benzene rings is 1.